The number of carboxylic acid groups (broad SMARTS) is 2. The monoisotopic (exact) mass is 626 g/mol. The molecule has 2 atom stereocenters. The molecule has 0 aromatic heterocycles. The standard InChI is InChI=1S/C41H38O6/c1-29(25-39(43)44)31-14-12-16-33(27-31)32-15-11-13-30(26-32)23-24-38(42)37(40(45)46)28-47-41(34-17-5-2-6-18-34,35-19-7-3-8-20-35)36-21-9-4-10-22-36/h2-22,25-27,37-38,42H,23-24,28H2,1H3,(H,43,44)(H,45,46)/b29-25+/t37-,38-/m1/s1. The van der Waals surface area contributed by atoms with Gasteiger partial charge in [0.05, 0.1) is 12.7 Å². The van der Waals surface area contributed by atoms with E-state index in [4.69, 9.17) is 9.84 Å². The number of benzene rings is 5. The maximum atomic E-state index is 12.6. The van der Waals surface area contributed by atoms with Crippen molar-refractivity contribution in [3.8, 4) is 11.1 Å². The molecule has 5 rings (SSSR count). The molecule has 0 bridgehead atoms. The van der Waals surface area contributed by atoms with E-state index in [1.54, 1.807) is 6.92 Å². The molecule has 3 N–H and O–H groups in total. The van der Waals surface area contributed by atoms with Crippen molar-refractivity contribution in [1.29, 1.82) is 0 Å². The van der Waals surface area contributed by atoms with Crippen LogP contribution < -0.4 is 0 Å². The molecular weight excluding hydrogens is 588 g/mol. The van der Waals surface area contributed by atoms with Crippen LogP contribution >= 0.6 is 0 Å². The van der Waals surface area contributed by atoms with Crippen LogP contribution in [0.15, 0.2) is 146 Å². The lowest BCUT2D eigenvalue weighted by molar-refractivity contribution is -0.151. The van der Waals surface area contributed by atoms with Crippen molar-refractivity contribution in [1.82, 2.24) is 0 Å². The van der Waals surface area contributed by atoms with Gasteiger partial charge in [0.1, 0.15) is 11.5 Å². The maximum absolute atomic E-state index is 12.6. The van der Waals surface area contributed by atoms with E-state index in [-0.39, 0.29) is 13.0 Å². The number of hydrogen-bond donors (Lipinski definition) is 3. The van der Waals surface area contributed by atoms with E-state index in [2.05, 4.69) is 0 Å². The minimum Gasteiger partial charge on any atom is -0.481 e. The van der Waals surface area contributed by atoms with Gasteiger partial charge in [0.2, 0.25) is 0 Å². The number of aliphatic hydroxyl groups is 1. The van der Waals surface area contributed by atoms with Crippen LogP contribution in [0.3, 0.4) is 0 Å². The minimum atomic E-state index is -1.17. The smallest absolute Gasteiger partial charge is 0.328 e. The number of aliphatic carboxylic acids is 2. The van der Waals surface area contributed by atoms with Crippen molar-refractivity contribution in [3.05, 3.63) is 173 Å². The third-order valence-electron chi connectivity index (χ3n) is 8.45. The van der Waals surface area contributed by atoms with E-state index in [0.29, 0.717) is 12.0 Å². The Morgan fingerprint density at radius 3 is 1.72 bits per heavy atom. The number of carbonyl (C=O) groups is 2. The van der Waals surface area contributed by atoms with Crippen LogP contribution in [0.4, 0.5) is 0 Å². The van der Waals surface area contributed by atoms with Gasteiger partial charge in [-0.15, -0.1) is 0 Å². The number of ether oxygens (including phenoxy) is 1. The molecule has 238 valence electrons. The van der Waals surface area contributed by atoms with Gasteiger partial charge >= 0.3 is 11.9 Å². The van der Waals surface area contributed by atoms with E-state index in [1.807, 2.05) is 140 Å². The molecule has 0 unspecified atom stereocenters. The molecule has 47 heavy (non-hydrogen) atoms. The van der Waals surface area contributed by atoms with Crippen LogP contribution in [-0.4, -0.2) is 40.0 Å². The van der Waals surface area contributed by atoms with Gasteiger partial charge in [-0.2, -0.15) is 0 Å². The molecule has 0 aliphatic rings. The lowest BCUT2D eigenvalue weighted by Gasteiger charge is -2.37. The van der Waals surface area contributed by atoms with Crippen molar-refractivity contribution in [3.63, 3.8) is 0 Å². The lowest BCUT2D eigenvalue weighted by atomic mass is 9.80. The third kappa shape index (κ3) is 7.93. The van der Waals surface area contributed by atoms with Gasteiger partial charge in [-0.1, -0.05) is 133 Å². The van der Waals surface area contributed by atoms with Crippen LogP contribution in [0.2, 0.25) is 0 Å². The summed E-state index contributed by atoms with van der Waals surface area (Å²) in [4.78, 5) is 23.7. The number of aryl methyl sites for hydroxylation is 1. The molecule has 0 fully saturated rings. The number of rotatable bonds is 14. The van der Waals surface area contributed by atoms with E-state index in [9.17, 15) is 19.8 Å². The molecule has 0 amide bonds. The summed E-state index contributed by atoms with van der Waals surface area (Å²) in [6.07, 6.45) is 0.698. The molecule has 0 heterocycles. The van der Waals surface area contributed by atoms with Gasteiger partial charge in [0.25, 0.3) is 0 Å². The first kappa shape index (κ1) is 33.1. The van der Waals surface area contributed by atoms with Crippen LogP contribution in [0.1, 0.15) is 41.2 Å². The molecule has 0 saturated carbocycles. The fraction of sp³-hybridized carbons (Fsp3) is 0.171. The maximum Gasteiger partial charge on any atom is 0.328 e. The highest BCUT2D eigenvalue weighted by molar-refractivity contribution is 5.90. The number of aliphatic hydroxyl groups excluding tert-OH is 1. The van der Waals surface area contributed by atoms with E-state index in [1.165, 1.54) is 6.08 Å². The van der Waals surface area contributed by atoms with E-state index >= 15 is 0 Å². The van der Waals surface area contributed by atoms with Crippen LogP contribution in [-0.2, 0) is 26.3 Å². The second-order valence-electron chi connectivity index (χ2n) is 11.6. The number of hydrogen-bond acceptors (Lipinski definition) is 4. The Morgan fingerprint density at radius 2 is 1.21 bits per heavy atom. The summed E-state index contributed by atoms with van der Waals surface area (Å²) < 4.78 is 6.73. The molecule has 0 spiro atoms. The summed E-state index contributed by atoms with van der Waals surface area (Å²) in [5, 5.41) is 30.7. The van der Waals surface area contributed by atoms with Gasteiger partial charge < -0.3 is 20.1 Å². The zero-order chi connectivity index (χ0) is 33.2. The van der Waals surface area contributed by atoms with Gasteiger partial charge in [-0.25, -0.2) is 4.79 Å². The van der Waals surface area contributed by atoms with Crippen LogP contribution in [0.5, 0.6) is 0 Å². The van der Waals surface area contributed by atoms with Gasteiger partial charge in [0.15, 0.2) is 0 Å². The number of carboxylic acids is 2. The average Bonchev–Trinajstić information content (AvgIpc) is 3.10. The van der Waals surface area contributed by atoms with Crippen molar-refractivity contribution in [2.75, 3.05) is 6.61 Å². The Bertz CT molecular complexity index is 1720. The highest BCUT2D eigenvalue weighted by Gasteiger charge is 2.40. The third-order valence-corrected chi connectivity index (χ3v) is 8.45. The average molecular weight is 627 g/mol. The van der Waals surface area contributed by atoms with Crippen LogP contribution in [0, 0.1) is 5.92 Å². The van der Waals surface area contributed by atoms with Crippen molar-refractivity contribution in [2.24, 2.45) is 5.92 Å². The Morgan fingerprint density at radius 1 is 0.702 bits per heavy atom. The summed E-state index contributed by atoms with van der Waals surface area (Å²) in [6, 6.07) is 44.7. The zero-order valence-corrected chi connectivity index (χ0v) is 26.2. The van der Waals surface area contributed by atoms with E-state index in [0.717, 1.165) is 38.9 Å². The highest BCUT2D eigenvalue weighted by Crippen LogP contribution is 2.41. The largest absolute Gasteiger partial charge is 0.481 e. The van der Waals surface area contributed by atoms with Crippen molar-refractivity contribution < 1.29 is 29.6 Å². The predicted molar refractivity (Wildman–Crippen MR) is 184 cm³/mol. The minimum absolute atomic E-state index is 0.217. The first-order valence-electron chi connectivity index (χ1n) is 15.6. The Balaban J connectivity index is 1.37. The predicted octanol–water partition coefficient (Wildman–Crippen LogP) is 7.84. The summed E-state index contributed by atoms with van der Waals surface area (Å²) in [5.74, 6) is -3.30. The summed E-state index contributed by atoms with van der Waals surface area (Å²) in [6.45, 7) is 1.54. The second-order valence-corrected chi connectivity index (χ2v) is 11.6. The topological polar surface area (TPSA) is 104 Å². The molecule has 6 heteroatoms. The number of allylic oxidation sites excluding steroid dienone is 1. The molecule has 5 aromatic carbocycles. The first-order valence-corrected chi connectivity index (χ1v) is 15.6. The Kier molecular flexibility index (Phi) is 10.8. The molecule has 0 radical (unpaired) electrons. The molecule has 5 aromatic rings. The first-order chi connectivity index (χ1) is 22.8. The van der Waals surface area contributed by atoms with Gasteiger partial charge in [0, 0.05) is 6.08 Å². The fourth-order valence-corrected chi connectivity index (χ4v) is 5.97. The Labute approximate surface area is 275 Å². The zero-order valence-electron chi connectivity index (χ0n) is 26.2. The van der Waals surface area contributed by atoms with Gasteiger partial charge in [-0.05, 0) is 70.3 Å². The van der Waals surface area contributed by atoms with Crippen LogP contribution in [0.25, 0.3) is 16.7 Å². The summed E-state index contributed by atoms with van der Waals surface area (Å²) in [5.41, 5.74) is 5.74. The lowest BCUT2D eigenvalue weighted by Crippen LogP contribution is -2.39. The van der Waals surface area contributed by atoms with Crippen molar-refractivity contribution >= 4 is 17.5 Å². The molecular formula is C41H38O6. The molecule has 6 nitrogen and oxygen atoms in total. The van der Waals surface area contributed by atoms with E-state index < -0.39 is 29.6 Å². The molecule has 0 aliphatic heterocycles. The SMILES string of the molecule is C/C(=C\C(=O)O)c1cccc(-c2cccc(CC[C@@H](O)[C@@H](COC(c3ccccc3)(c3ccccc3)c3ccccc3)C(=O)O)c2)c1. The quantitative estimate of drug-likeness (QED) is 0.0857. The summed E-state index contributed by atoms with van der Waals surface area (Å²) in [7, 11) is 0. The molecule has 0 saturated heterocycles. The highest BCUT2D eigenvalue weighted by atomic mass is 16.5. The Hall–Kier alpha value is -5.30. The fourth-order valence-electron chi connectivity index (χ4n) is 5.97. The normalized spacial score (nSPS) is 13.1. The summed E-state index contributed by atoms with van der Waals surface area (Å²) >= 11 is 0. The van der Waals surface area contributed by atoms with Gasteiger partial charge in [-0.3, -0.25) is 4.79 Å². The molecule has 0 aliphatic carbocycles. The second kappa shape index (κ2) is 15.3. The van der Waals surface area contributed by atoms with Crippen molar-refractivity contribution in [2.45, 2.75) is 31.5 Å².